The minimum atomic E-state index is 0.201. The lowest BCUT2D eigenvalue weighted by molar-refractivity contribution is 0.403. The summed E-state index contributed by atoms with van der Waals surface area (Å²) < 4.78 is 9.80. The fourth-order valence-electron chi connectivity index (χ4n) is 2.47. The van der Waals surface area contributed by atoms with Crippen LogP contribution in [0.2, 0.25) is 0 Å². The summed E-state index contributed by atoms with van der Waals surface area (Å²) in [5.41, 5.74) is 10.2. The number of aromatic hydroxyl groups is 1. The molecular weight excluding hydrogens is 308 g/mol. The Hall–Kier alpha value is -2.53. The molecule has 5 heteroatoms. The SMILES string of the molecule is CCc1cc(-c2cc(-c3ccc(N)cc3)ns2)c(O)cc1OC. The zero-order valence-corrected chi connectivity index (χ0v) is 13.9. The lowest BCUT2D eigenvalue weighted by Crippen LogP contribution is -1.91. The van der Waals surface area contributed by atoms with Crippen molar-refractivity contribution in [1.82, 2.24) is 4.37 Å². The predicted octanol–water partition coefficient (Wildman–Crippen LogP) is 4.34. The molecule has 0 amide bonds. The molecule has 3 rings (SSSR count). The number of aromatic nitrogens is 1. The van der Waals surface area contributed by atoms with E-state index in [9.17, 15) is 5.11 Å². The smallest absolute Gasteiger partial charge is 0.127 e. The fraction of sp³-hybridized carbons (Fsp3) is 0.167. The van der Waals surface area contributed by atoms with Gasteiger partial charge >= 0.3 is 0 Å². The molecule has 23 heavy (non-hydrogen) atoms. The summed E-state index contributed by atoms with van der Waals surface area (Å²) >= 11 is 1.37. The number of nitrogen functional groups attached to an aromatic ring is 1. The number of nitrogens with two attached hydrogens (primary N) is 1. The highest BCUT2D eigenvalue weighted by atomic mass is 32.1. The van der Waals surface area contributed by atoms with Crippen LogP contribution in [-0.4, -0.2) is 16.6 Å². The molecule has 0 bridgehead atoms. The largest absolute Gasteiger partial charge is 0.507 e. The van der Waals surface area contributed by atoms with E-state index in [1.54, 1.807) is 13.2 Å². The Morgan fingerprint density at radius 1 is 1.17 bits per heavy atom. The average Bonchev–Trinajstić information content (AvgIpc) is 3.04. The minimum Gasteiger partial charge on any atom is -0.507 e. The van der Waals surface area contributed by atoms with E-state index in [1.807, 2.05) is 36.4 Å². The van der Waals surface area contributed by atoms with Crippen molar-refractivity contribution in [3.8, 4) is 33.2 Å². The van der Waals surface area contributed by atoms with Crippen molar-refractivity contribution in [1.29, 1.82) is 0 Å². The van der Waals surface area contributed by atoms with Gasteiger partial charge in [-0.15, -0.1) is 0 Å². The van der Waals surface area contributed by atoms with E-state index in [-0.39, 0.29) is 5.75 Å². The van der Waals surface area contributed by atoms with Gasteiger partial charge < -0.3 is 15.6 Å². The van der Waals surface area contributed by atoms with E-state index in [4.69, 9.17) is 10.5 Å². The Kier molecular flexibility index (Phi) is 4.21. The molecule has 0 aliphatic rings. The van der Waals surface area contributed by atoms with Crippen LogP contribution in [0, 0.1) is 0 Å². The van der Waals surface area contributed by atoms with E-state index < -0.39 is 0 Å². The Balaban J connectivity index is 2.01. The number of ether oxygens (including phenoxy) is 1. The summed E-state index contributed by atoms with van der Waals surface area (Å²) in [7, 11) is 1.61. The Morgan fingerprint density at radius 3 is 2.57 bits per heavy atom. The number of hydrogen-bond acceptors (Lipinski definition) is 5. The molecule has 2 aromatic carbocycles. The normalized spacial score (nSPS) is 10.7. The van der Waals surface area contributed by atoms with Gasteiger partial charge in [-0.3, -0.25) is 0 Å². The van der Waals surface area contributed by atoms with Crippen molar-refractivity contribution in [2.45, 2.75) is 13.3 Å². The first-order valence-corrected chi connectivity index (χ1v) is 8.12. The van der Waals surface area contributed by atoms with Gasteiger partial charge in [-0.05, 0) is 47.8 Å². The zero-order chi connectivity index (χ0) is 16.4. The van der Waals surface area contributed by atoms with E-state index in [1.165, 1.54) is 11.5 Å². The molecule has 0 atom stereocenters. The Bertz CT molecular complexity index is 826. The van der Waals surface area contributed by atoms with Crippen LogP contribution in [0.1, 0.15) is 12.5 Å². The van der Waals surface area contributed by atoms with Crippen molar-refractivity contribution in [2.75, 3.05) is 12.8 Å². The van der Waals surface area contributed by atoms with E-state index in [0.29, 0.717) is 5.75 Å². The summed E-state index contributed by atoms with van der Waals surface area (Å²) in [5, 5.41) is 10.3. The zero-order valence-electron chi connectivity index (χ0n) is 13.0. The van der Waals surface area contributed by atoms with Gasteiger partial charge in [-0.1, -0.05) is 19.1 Å². The van der Waals surface area contributed by atoms with Gasteiger partial charge in [0.15, 0.2) is 0 Å². The molecule has 3 aromatic rings. The van der Waals surface area contributed by atoms with Crippen LogP contribution in [0.15, 0.2) is 42.5 Å². The maximum Gasteiger partial charge on any atom is 0.127 e. The number of aryl methyl sites for hydroxylation is 1. The lowest BCUT2D eigenvalue weighted by Gasteiger charge is -2.10. The molecule has 0 unspecified atom stereocenters. The summed E-state index contributed by atoms with van der Waals surface area (Å²) in [5.74, 6) is 0.906. The predicted molar refractivity (Wildman–Crippen MR) is 95.0 cm³/mol. The number of hydrogen-bond donors (Lipinski definition) is 2. The first kappa shape index (κ1) is 15.4. The summed E-state index contributed by atoms with van der Waals surface area (Å²) in [6, 6.07) is 13.2. The second kappa shape index (κ2) is 6.30. The minimum absolute atomic E-state index is 0.201. The monoisotopic (exact) mass is 326 g/mol. The quantitative estimate of drug-likeness (QED) is 0.700. The number of nitrogens with zero attached hydrogens (tertiary/aromatic N) is 1. The van der Waals surface area contributed by atoms with Crippen molar-refractivity contribution in [3.05, 3.63) is 48.0 Å². The maximum atomic E-state index is 10.3. The third-order valence-corrected chi connectivity index (χ3v) is 4.58. The molecule has 1 heterocycles. The molecule has 118 valence electrons. The van der Waals surface area contributed by atoms with Gasteiger partial charge in [-0.25, -0.2) is 0 Å². The lowest BCUT2D eigenvalue weighted by atomic mass is 10.0. The van der Waals surface area contributed by atoms with E-state index in [2.05, 4.69) is 11.3 Å². The molecule has 4 nitrogen and oxygen atoms in total. The van der Waals surface area contributed by atoms with Crippen molar-refractivity contribution < 1.29 is 9.84 Å². The molecule has 0 saturated carbocycles. The third kappa shape index (κ3) is 3.00. The summed E-state index contributed by atoms with van der Waals surface area (Å²) in [6.07, 6.45) is 0.833. The first-order valence-electron chi connectivity index (χ1n) is 7.35. The van der Waals surface area contributed by atoms with Gasteiger partial charge in [-0.2, -0.15) is 4.37 Å². The van der Waals surface area contributed by atoms with Gasteiger partial charge in [0.25, 0.3) is 0 Å². The van der Waals surface area contributed by atoms with Crippen molar-refractivity contribution in [2.24, 2.45) is 0 Å². The van der Waals surface area contributed by atoms with Crippen LogP contribution < -0.4 is 10.5 Å². The number of phenolic OH excluding ortho intramolecular Hbond substituents is 1. The fourth-order valence-corrected chi connectivity index (χ4v) is 3.25. The number of methoxy groups -OCH3 is 1. The highest BCUT2D eigenvalue weighted by Gasteiger charge is 2.14. The van der Waals surface area contributed by atoms with Gasteiger partial charge in [0.05, 0.1) is 17.7 Å². The molecule has 3 N–H and O–H groups in total. The van der Waals surface area contributed by atoms with Crippen LogP contribution in [-0.2, 0) is 6.42 Å². The van der Waals surface area contributed by atoms with Crippen LogP contribution in [0.3, 0.4) is 0 Å². The molecule has 0 aliphatic heterocycles. The molecule has 0 spiro atoms. The molecule has 0 fully saturated rings. The van der Waals surface area contributed by atoms with Crippen molar-refractivity contribution >= 4 is 17.2 Å². The van der Waals surface area contributed by atoms with E-state index in [0.717, 1.165) is 39.4 Å². The topological polar surface area (TPSA) is 68.4 Å². The standard InChI is InChI=1S/C18H18N2O2S/c1-3-11-8-14(16(21)10-17(11)22-2)18-9-15(20-23-18)12-4-6-13(19)7-5-12/h4-10,21H,3,19H2,1-2H3. The first-order chi connectivity index (χ1) is 11.1. The average molecular weight is 326 g/mol. The Labute approximate surface area is 139 Å². The van der Waals surface area contributed by atoms with Crippen LogP contribution in [0.5, 0.6) is 11.5 Å². The summed E-state index contributed by atoms with van der Waals surface area (Å²) in [4.78, 5) is 0.923. The second-order valence-corrected chi connectivity index (χ2v) is 6.04. The van der Waals surface area contributed by atoms with Crippen LogP contribution >= 0.6 is 11.5 Å². The number of phenols is 1. The number of anilines is 1. The van der Waals surface area contributed by atoms with Gasteiger partial charge in [0.2, 0.25) is 0 Å². The van der Waals surface area contributed by atoms with Gasteiger partial charge in [0.1, 0.15) is 11.5 Å². The second-order valence-electron chi connectivity index (χ2n) is 5.23. The van der Waals surface area contributed by atoms with Crippen molar-refractivity contribution in [3.63, 3.8) is 0 Å². The van der Waals surface area contributed by atoms with Crippen LogP contribution in [0.25, 0.3) is 21.7 Å². The molecule has 0 saturated heterocycles. The molecule has 0 radical (unpaired) electrons. The summed E-state index contributed by atoms with van der Waals surface area (Å²) in [6.45, 7) is 2.06. The third-order valence-electron chi connectivity index (χ3n) is 3.76. The number of rotatable bonds is 4. The van der Waals surface area contributed by atoms with Crippen LogP contribution in [0.4, 0.5) is 5.69 Å². The maximum absolute atomic E-state index is 10.3. The van der Waals surface area contributed by atoms with Gasteiger partial charge in [0, 0.05) is 22.9 Å². The highest BCUT2D eigenvalue weighted by Crippen LogP contribution is 2.39. The molecule has 0 aliphatic carbocycles. The molecular formula is C18H18N2O2S. The van der Waals surface area contributed by atoms with E-state index >= 15 is 0 Å². The number of benzene rings is 2. The molecule has 1 aromatic heterocycles. The highest BCUT2D eigenvalue weighted by molar-refractivity contribution is 7.09. The Morgan fingerprint density at radius 2 is 1.91 bits per heavy atom.